The molecule has 0 unspecified atom stereocenters. The summed E-state index contributed by atoms with van der Waals surface area (Å²) in [7, 11) is 0. The molecule has 0 saturated carbocycles. The van der Waals surface area contributed by atoms with Crippen LogP contribution < -0.4 is 0 Å². The van der Waals surface area contributed by atoms with E-state index in [0.29, 0.717) is 6.20 Å². The minimum Gasteiger partial charge on any atom is -0.258 e. The van der Waals surface area contributed by atoms with Crippen molar-refractivity contribution in [2.75, 3.05) is 0 Å². The minimum atomic E-state index is -3.01. The predicted octanol–water partition coefficient (Wildman–Crippen LogP) is 2.56. The highest BCUT2D eigenvalue weighted by Gasteiger charge is 2.27. The zero-order valence-electron chi connectivity index (χ0n) is 6.95. The van der Waals surface area contributed by atoms with Gasteiger partial charge in [-0.2, -0.15) is 5.26 Å². The van der Waals surface area contributed by atoms with Crippen LogP contribution in [0.5, 0.6) is 0 Å². The molecule has 0 aromatic carbocycles. The largest absolute Gasteiger partial charge is 0.296 e. The summed E-state index contributed by atoms with van der Waals surface area (Å²) >= 11 is 2.70. The Morgan fingerprint density at radius 3 is 2.67 bits per heavy atom. The lowest BCUT2D eigenvalue weighted by molar-refractivity contribution is -0.387. The van der Waals surface area contributed by atoms with Gasteiger partial charge in [0, 0.05) is 6.20 Å². The molecule has 78 valence electrons. The zero-order valence-corrected chi connectivity index (χ0v) is 8.53. The second-order valence-electron chi connectivity index (χ2n) is 2.39. The van der Waals surface area contributed by atoms with Crippen LogP contribution >= 0.6 is 15.9 Å². The van der Waals surface area contributed by atoms with E-state index >= 15 is 0 Å². The first-order valence-electron chi connectivity index (χ1n) is 3.50. The summed E-state index contributed by atoms with van der Waals surface area (Å²) in [6.07, 6.45) is -2.38. The first-order chi connectivity index (χ1) is 6.99. The molecule has 1 aromatic heterocycles. The number of hydrogen-bond acceptors (Lipinski definition) is 4. The molecule has 0 aliphatic rings. The predicted molar refractivity (Wildman–Crippen MR) is 48.3 cm³/mol. The third-order valence-corrected chi connectivity index (χ3v) is 2.30. The van der Waals surface area contributed by atoms with Crippen molar-refractivity contribution in [2.45, 2.75) is 6.43 Å². The van der Waals surface area contributed by atoms with Crippen LogP contribution in [-0.4, -0.2) is 9.91 Å². The third-order valence-electron chi connectivity index (χ3n) is 1.55. The summed E-state index contributed by atoms with van der Waals surface area (Å²) in [5.74, 6) is 0. The molecule has 0 radical (unpaired) electrons. The van der Waals surface area contributed by atoms with Crippen molar-refractivity contribution in [3.05, 3.63) is 32.0 Å². The molecule has 0 aliphatic heterocycles. The van der Waals surface area contributed by atoms with Crippen LogP contribution in [-0.2, 0) is 0 Å². The van der Waals surface area contributed by atoms with Gasteiger partial charge in [0.2, 0.25) is 0 Å². The molecule has 15 heavy (non-hydrogen) atoms. The lowest BCUT2D eigenvalue weighted by Gasteiger charge is -2.03. The highest BCUT2D eigenvalue weighted by atomic mass is 79.9. The summed E-state index contributed by atoms with van der Waals surface area (Å²) in [6.45, 7) is 0. The Morgan fingerprint density at radius 2 is 2.27 bits per heavy atom. The van der Waals surface area contributed by atoms with Crippen molar-refractivity contribution in [1.82, 2.24) is 4.98 Å². The number of nitriles is 1. The van der Waals surface area contributed by atoms with Gasteiger partial charge in [-0.3, -0.25) is 10.1 Å². The van der Waals surface area contributed by atoms with Crippen LogP contribution in [0.15, 0.2) is 10.7 Å². The van der Waals surface area contributed by atoms with E-state index in [0.717, 1.165) is 0 Å². The SMILES string of the molecule is N#Cc1ncc(C(F)F)c([N+](=O)[O-])c1Br. The molecular weight excluding hydrogens is 276 g/mol. The maximum atomic E-state index is 12.4. The van der Waals surface area contributed by atoms with E-state index < -0.39 is 22.6 Å². The van der Waals surface area contributed by atoms with Gasteiger partial charge in [0.25, 0.3) is 12.1 Å². The first-order valence-corrected chi connectivity index (χ1v) is 4.29. The van der Waals surface area contributed by atoms with E-state index in [4.69, 9.17) is 5.26 Å². The first kappa shape index (κ1) is 11.5. The molecule has 0 N–H and O–H groups in total. The van der Waals surface area contributed by atoms with Gasteiger partial charge in [0.05, 0.1) is 4.92 Å². The highest BCUT2D eigenvalue weighted by Crippen LogP contribution is 2.35. The number of nitro groups is 1. The quantitative estimate of drug-likeness (QED) is 0.615. The Bertz CT molecular complexity index is 458. The molecule has 1 aromatic rings. The fourth-order valence-corrected chi connectivity index (χ4v) is 1.48. The van der Waals surface area contributed by atoms with Gasteiger partial charge in [-0.15, -0.1) is 0 Å². The van der Waals surface area contributed by atoms with Crippen LogP contribution in [0.1, 0.15) is 17.7 Å². The number of nitrogens with zero attached hydrogens (tertiary/aromatic N) is 3. The molecule has 0 amide bonds. The molecule has 1 rings (SSSR count). The molecule has 0 spiro atoms. The normalized spacial score (nSPS) is 10.1. The van der Waals surface area contributed by atoms with Gasteiger partial charge >= 0.3 is 0 Å². The van der Waals surface area contributed by atoms with Crippen molar-refractivity contribution in [2.24, 2.45) is 0 Å². The van der Waals surface area contributed by atoms with Crippen molar-refractivity contribution in [3.63, 3.8) is 0 Å². The van der Waals surface area contributed by atoms with Gasteiger partial charge in [-0.25, -0.2) is 13.8 Å². The van der Waals surface area contributed by atoms with E-state index in [-0.39, 0.29) is 10.2 Å². The Labute approximate surface area is 90.6 Å². The highest BCUT2D eigenvalue weighted by molar-refractivity contribution is 9.10. The average molecular weight is 278 g/mol. The summed E-state index contributed by atoms with van der Waals surface area (Å²) in [4.78, 5) is 12.9. The van der Waals surface area contributed by atoms with E-state index in [1.807, 2.05) is 0 Å². The average Bonchev–Trinajstić information content (AvgIpc) is 2.16. The van der Waals surface area contributed by atoms with Gasteiger partial charge in [0.15, 0.2) is 5.69 Å². The minimum absolute atomic E-state index is 0.300. The fraction of sp³-hybridized carbons (Fsp3) is 0.143. The Hall–Kier alpha value is -1.62. The zero-order chi connectivity index (χ0) is 11.6. The van der Waals surface area contributed by atoms with Gasteiger partial charge in [-0.05, 0) is 15.9 Å². The summed E-state index contributed by atoms with van der Waals surface area (Å²) in [6, 6.07) is 1.55. The third kappa shape index (κ3) is 2.07. The van der Waals surface area contributed by atoms with Gasteiger partial charge in [-0.1, -0.05) is 0 Å². The second kappa shape index (κ2) is 4.27. The number of hydrogen-bond donors (Lipinski definition) is 0. The second-order valence-corrected chi connectivity index (χ2v) is 3.19. The molecule has 0 saturated heterocycles. The van der Waals surface area contributed by atoms with Crippen molar-refractivity contribution >= 4 is 21.6 Å². The molecule has 0 atom stereocenters. The van der Waals surface area contributed by atoms with Crippen LogP contribution in [0.3, 0.4) is 0 Å². The number of aromatic nitrogens is 1. The number of pyridine rings is 1. The molecule has 5 nitrogen and oxygen atoms in total. The van der Waals surface area contributed by atoms with E-state index in [1.54, 1.807) is 6.07 Å². The summed E-state index contributed by atoms with van der Waals surface area (Å²) < 4.78 is 24.4. The Morgan fingerprint density at radius 1 is 1.67 bits per heavy atom. The van der Waals surface area contributed by atoms with Crippen molar-refractivity contribution in [3.8, 4) is 6.07 Å². The van der Waals surface area contributed by atoms with Crippen LogP contribution in [0.4, 0.5) is 14.5 Å². The van der Waals surface area contributed by atoms with Gasteiger partial charge < -0.3 is 0 Å². The van der Waals surface area contributed by atoms with Crippen LogP contribution in [0, 0.1) is 21.4 Å². The number of halogens is 3. The van der Waals surface area contributed by atoms with E-state index in [1.165, 1.54) is 0 Å². The van der Waals surface area contributed by atoms with Gasteiger partial charge in [0.1, 0.15) is 16.1 Å². The maximum absolute atomic E-state index is 12.4. The Kier molecular flexibility index (Phi) is 3.26. The lowest BCUT2D eigenvalue weighted by Crippen LogP contribution is -2.00. The fourth-order valence-electron chi connectivity index (χ4n) is 0.914. The smallest absolute Gasteiger partial charge is 0.258 e. The molecule has 8 heteroatoms. The molecule has 0 aliphatic carbocycles. The molecule has 0 fully saturated rings. The molecule has 0 bridgehead atoms. The monoisotopic (exact) mass is 277 g/mol. The topological polar surface area (TPSA) is 79.8 Å². The summed E-state index contributed by atoms with van der Waals surface area (Å²) in [5, 5.41) is 19.0. The number of alkyl halides is 2. The van der Waals surface area contributed by atoms with Crippen molar-refractivity contribution in [1.29, 1.82) is 5.26 Å². The Balaban J connectivity index is 3.53. The molecule has 1 heterocycles. The maximum Gasteiger partial charge on any atom is 0.296 e. The van der Waals surface area contributed by atoms with E-state index in [9.17, 15) is 18.9 Å². The van der Waals surface area contributed by atoms with Crippen LogP contribution in [0.2, 0.25) is 0 Å². The standard InChI is InChI=1S/C7H2BrF2N3O2/c8-5-4(1-11)12-2-3(7(9)10)6(5)13(14)15/h2,7H. The van der Waals surface area contributed by atoms with Crippen LogP contribution in [0.25, 0.3) is 0 Å². The van der Waals surface area contributed by atoms with E-state index in [2.05, 4.69) is 20.9 Å². The number of rotatable bonds is 2. The lowest BCUT2D eigenvalue weighted by atomic mass is 10.2. The summed E-state index contributed by atoms with van der Waals surface area (Å²) in [5.41, 5.74) is -1.94. The molecular formula is C7H2BrF2N3O2. The van der Waals surface area contributed by atoms with Crippen molar-refractivity contribution < 1.29 is 13.7 Å².